The molecule has 1 aliphatic heterocycles. The van der Waals surface area contributed by atoms with E-state index in [9.17, 15) is 4.79 Å². The Morgan fingerprint density at radius 3 is 2.79 bits per heavy atom. The molecule has 0 bridgehead atoms. The molecule has 0 saturated carbocycles. The number of benzene rings is 1. The fourth-order valence-electron chi connectivity index (χ4n) is 2.77. The lowest BCUT2D eigenvalue weighted by Gasteiger charge is -2.35. The van der Waals surface area contributed by atoms with Crippen molar-refractivity contribution in [3.63, 3.8) is 0 Å². The molecule has 2 atom stereocenters. The fourth-order valence-corrected chi connectivity index (χ4v) is 3.53. The van der Waals surface area contributed by atoms with Crippen LogP contribution in [0.5, 0.6) is 0 Å². The van der Waals surface area contributed by atoms with Gasteiger partial charge in [-0.2, -0.15) is 11.8 Å². The third kappa shape index (κ3) is 5.63. The van der Waals surface area contributed by atoms with Gasteiger partial charge in [-0.3, -0.25) is 9.69 Å². The van der Waals surface area contributed by atoms with Crippen LogP contribution in [-0.4, -0.2) is 61.7 Å². The maximum absolute atomic E-state index is 12.2. The SMILES string of the molecule is CSCCC(N)C(=O)NCC(c1ccccc1Cl)N1CCOCC1. The molecule has 2 rings (SSSR count). The van der Waals surface area contributed by atoms with Gasteiger partial charge in [0.1, 0.15) is 0 Å². The minimum absolute atomic E-state index is 0.0271. The van der Waals surface area contributed by atoms with Gasteiger partial charge in [0.2, 0.25) is 5.91 Å². The monoisotopic (exact) mass is 371 g/mol. The lowest BCUT2D eigenvalue weighted by molar-refractivity contribution is -0.122. The van der Waals surface area contributed by atoms with E-state index < -0.39 is 6.04 Å². The first-order chi connectivity index (χ1) is 11.6. The minimum atomic E-state index is -0.464. The second kappa shape index (κ2) is 10.3. The molecule has 2 unspecified atom stereocenters. The Morgan fingerprint density at radius 2 is 2.12 bits per heavy atom. The van der Waals surface area contributed by atoms with Crippen LogP contribution in [0.1, 0.15) is 18.0 Å². The van der Waals surface area contributed by atoms with E-state index in [1.807, 2.05) is 30.5 Å². The summed E-state index contributed by atoms with van der Waals surface area (Å²) in [7, 11) is 0. The first-order valence-corrected chi connectivity index (χ1v) is 9.99. The predicted octanol–water partition coefficient (Wildman–Crippen LogP) is 1.91. The van der Waals surface area contributed by atoms with Gasteiger partial charge < -0.3 is 15.8 Å². The highest BCUT2D eigenvalue weighted by Crippen LogP contribution is 2.27. The first-order valence-electron chi connectivity index (χ1n) is 8.22. The summed E-state index contributed by atoms with van der Waals surface area (Å²) in [6.07, 6.45) is 2.69. The average molecular weight is 372 g/mol. The summed E-state index contributed by atoms with van der Waals surface area (Å²) >= 11 is 8.08. The number of halogens is 1. The number of amides is 1. The van der Waals surface area contributed by atoms with Crippen molar-refractivity contribution in [3.05, 3.63) is 34.9 Å². The molecular formula is C17H26ClN3O2S. The number of nitrogens with two attached hydrogens (primary N) is 1. The van der Waals surface area contributed by atoms with Crippen molar-refractivity contribution < 1.29 is 9.53 Å². The number of morpholine rings is 1. The van der Waals surface area contributed by atoms with Crippen LogP contribution < -0.4 is 11.1 Å². The molecule has 0 aliphatic carbocycles. The van der Waals surface area contributed by atoms with Gasteiger partial charge in [-0.05, 0) is 30.1 Å². The topological polar surface area (TPSA) is 67.6 Å². The van der Waals surface area contributed by atoms with E-state index in [0.29, 0.717) is 26.2 Å². The summed E-state index contributed by atoms with van der Waals surface area (Å²) in [5.74, 6) is 0.779. The molecule has 3 N–H and O–H groups in total. The highest BCUT2D eigenvalue weighted by Gasteiger charge is 2.25. The van der Waals surface area contributed by atoms with Gasteiger partial charge in [-0.25, -0.2) is 0 Å². The molecule has 0 radical (unpaired) electrons. The summed E-state index contributed by atoms with van der Waals surface area (Å²) in [6.45, 7) is 3.54. The summed E-state index contributed by atoms with van der Waals surface area (Å²) < 4.78 is 5.44. The molecule has 1 saturated heterocycles. The van der Waals surface area contributed by atoms with Crippen molar-refractivity contribution in [3.8, 4) is 0 Å². The molecule has 1 aromatic carbocycles. The quantitative estimate of drug-likeness (QED) is 0.730. The molecule has 0 spiro atoms. The summed E-state index contributed by atoms with van der Waals surface area (Å²) in [5, 5.41) is 3.72. The first kappa shape index (κ1) is 19.5. The smallest absolute Gasteiger partial charge is 0.237 e. The lowest BCUT2D eigenvalue weighted by Crippen LogP contribution is -2.47. The number of hydrogen-bond acceptors (Lipinski definition) is 5. The number of carbonyl (C=O) groups excluding carboxylic acids is 1. The van der Waals surface area contributed by atoms with Crippen LogP contribution in [0.15, 0.2) is 24.3 Å². The molecule has 1 fully saturated rings. The van der Waals surface area contributed by atoms with Crippen molar-refractivity contribution in [1.29, 1.82) is 0 Å². The van der Waals surface area contributed by atoms with Crippen LogP contribution in [0.3, 0.4) is 0 Å². The Kier molecular flexibility index (Phi) is 8.35. The summed E-state index contributed by atoms with van der Waals surface area (Å²) in [4.78, 5) is 14.5. The Balaban J connectivity index is 2.03. The summed E-state index contributed by atoms with van der Waals surface area (Å²) in [6, 6.07) is 7.35. The van der Waals surface area contributed by atoms with Crippen LogP contribution in [0.2, 0.25) is 5.02 Å². The van der Waals surface area contributed by atoms with Gasteiger partial charge in [-0.15, -0.1) is 0 Å². The van der Waals surface area contributed by atoms with E-state index in [1.165, 1.54) is 0 Å². The molecule has 0 aromatic heterocycles. The van der Waals surface area contributed by atoms with E-state index in [-0.39, 0.29) is 11.9 Å². The van der Waals surface area contributed by atoms with E-state index in [2.05, 4.69) is 10.2 Å². The van der Waals surface area contributed by atoms with Crippen LogP contribution >= 0.6 is 23.4 Å². The number of hydrogen-bond donors (Lipinski definition) is 2. The number of ether oxygens (including phenoxy) is 1. The molecule has 7 heteroatoms. The maximum Gasteiger partial charge on any atom is 0.237 e. The Labute approximate surface area is 153 Å². The minimum Gasteiger partial charge on any atom is -0.379 e. The van der Waals surface area contributed by atoms with Gasteiger partial charge in [0.15, 0.2) is 0 Å². The number of rotatable bonds is 8. The van der Waals surface area contributed by atoms with Crippen LogP contribution in [0.4, 0.5) is 0 Å². The second-order valence-corrected chi connectivity index (χ2v) is 7.21. The predicted molar refractivity (Wildman–Crippen MR) is 101 cm³/mol. The van der Waals surface area contributed by atoms with Gasteiger partial charge in [-0.1, -0.05) is 29.8 Å². The number of nitrogens with zero attached hydrogens (tertiary/aromatic N) is 1. The summed E-state index contributed by atoms with van der Waals surface area (Å²) in [5.41, 5.74) is 6.98. The van der Waals surface area contributed by atoms with Gasteiger partial charge >= 0.3 is 0 Å². The van der Waals surface area contributed by atoms with Crippen LogP contribution in [0, 0.1) is 0 Å². The van der Waals surface area contributed by atoms with Gasteiger partial charge in [0.25, 0.3) is 0 Å². The van der Waals surface area contributed by atoms with Gasteiger partial charge in [0, 0.05) is 24.7 Å². The Morgan fingerprint density at radius 1 is 1.42 bits per heavy atom. The molecule has 134 valence electrons. The van der Waals surface area contributed by atoms with Crippen molar-refractivity contribution >= 4 is 29.3 Å². The largest absolute Gasteiger partial charge is 0.379 e. The lowest BCUT2D eigenvalue weighted by atomic mass is 10.0. The normalized spacial score (nSPS) is 18.1. The zero-order valence-corrected chi connectivity index (χ0v) is 15.6. The number of thioether (sulfide) groups is 1. The zero-order chi connectivity index (χ0) is 17.4. The number of nitrogens with one attached hydrogen (secondary N) is 1. The van der Waals surface area contributed by atoms with Crippen molar-refractivity contribution in [2.75, 3.05) is 44.9 Å². The van der Waals surface area contributed by atoms with E-state index in [0.717, 1.165) is 29.4 Å². The standard InChI is InChI=1S/C17H26ClN3O2S/c1-24-11-6-15(19)17(22)20-12-16(21-7-9-23-10-8-21)13-4-2-3-5-14(13)18/h2-5,15-16H,6-12,19H2,1H3,(H,20,22). The maximum atomic E-state index is 12.2. The molecule has 5 nitrogen and oxygen atoms in total. The average Bonchev–Trinajstić information content (AvgIpc) is 2.62. The highest BCUT2D eigenvalue weighted by atomic mass is 35.5. The highest BCUT2D eigenvalue weighted by molar-refractivity contribution is 7.98. The van der Waals surface area contributed by atoms with Crippen molar-refractivity contribution in [2.45, 2.75) is 18.5 Å². The van der Waals surface area contributed by atoms with Gasteiger partial charge in [0.05, 0.1) is 25.3 Å². The third-order valence-electron chi connectivity index (χ3n) is 4.19. The third-order valence-corrected chi connectivity index (χ3v) is 5.18. The molecular weight excluding hydrogens is 346 g/mol. The molecule has 1 amide bonds. The van der Waals surface area contributed by atoms with E-state index in [1.54, 1.807) is 11.8 Å². The van der Waals surface area contributed by atoms with E-state index >= 15 is 0 Å². The number of carbonyl (C=O) groups is 1. The van der Waals surface area contributed by atoms with E-state index in [4.69, 9.17) is 22.1 Å². The van der Waals surface area contributed by atoms with Crippen LogP contribution in [-0.2, 0) is 9.53 Å². The fraction of sp³-hybridized carbons (Fsp3) is 0.588. The van der Waals surface area contributed by atoms with Crippen molar-refractivity contribution in [1.82, 2.24) is 10.2 Å². The van der Waals surface area contributed by atoms with Crippen molar-refractivity contribution in [2.24, 2.45) is 5.73 Å². The van der Waals surface area contributed by atoms with Crippen LogP contribution in [0.25, 0.3) is 0 Å². The molecule has 1 aromatic rings. The molecule has 24 heavy (non-hydrogen) atoms. The second-order valence-electron chi connectivity index (χ2n) is 5.82. The zero-order valence-electron chi connectivity index (χ0n) is 14.0. The Hall–Kier alpha value is -0.790. The molecule has 1 aliphatic rings. The molecule has 1 heterocycles. The Bertz CT molecular complexity index is 526.